The smallest absolute Gasteiger partial charge is 0.412 e. The van der Waals surface area contributed by atoms with Crippen LogP contribution in [0.3, 0.4) is 0 Å². The molecule has 0 unspecified atom stereocenters. The van der Waals surface area contributed by atoms with Crippen LogP contribution in [0.4, 0.5) is 9.59 Å². The van der Waals surface area contributed by atoms with Gasteiger partial charge in [-0.3, -0.25) is 9.59 Å². The van der Waals surface area contributed by atoms with Gasteiger partial charge in [0, 0.05) is 26.9 Å². The number of hydrogen-bond donors (Lipinski definition) is 2. The number of amides is 2. The van der Waals surface area contributed by atoms with E-state index in [1.165, 1.54) is 13.8 Å². The molecular formula is C29H38N2O8. The third-order valence-electron chi connectivity index (χ3n) is 5.71. The number of benzene rings is 2. The summed E-state index contributed by atoms with van der Waals surface area (Å²) in [6, 6.07) is 7.28. The van der Waals surface area contributed by atoms with Gasteiger partial charge in [0.25, 0.3) is 0 Å². The van der Waals surface area contributed by atoms with Crippen LogP contribution >= 0.6 is 0 Å². The fraction of sp³-hybridized carbons (Fsp3) is 0.448. The number of unbranched alkanes of at least 4 members (excludes halogenated alkanes) is 2. The Morgan fingerprint density at radius 2 is 0.923 bits per heavy atom. The van der Waals surface area contributed by atoms with Gasteiger partial charge in [-0.2, -0.15) is 0 Å². The minimum Gasteiger partial charge on any atom is -0.461 e. The van der Waals surface area contributed by atoms with Crippen molar-refractivity contribution in [2.75, 3.05) is 13.1 Å². The lowest BCUT2D eigenvalue weighted by Crippen LogP contribution is -2.29. The third kappa shape index (κ3) is 11.1. The first-order valence-corrected chi connectivity index (χ1v) is 12.8. The predicted molar refractivity (Wildman–Crippen MR) is 145 cm³/mol. The maximum atomic E-state index is 12.2. The van der Waals surface area contributed by atoms with E-state index in [-0.39, 0.29) is 25.2 Å². The lowest BCUT2D eigenvalue weighted by Gasteiger charge is -2.14. The van der Waals surface area contributed by atoms with Crippen LogP contribution in [0.5, 0.6) is 11.5 Å². The topological polar surface area (TPSA) is 129 Å². The predicted octanol–water partition coefficient (Wildman–Crippen LogP) is 5.09. The Kier molecular flexibility index (Phi) is 12.3. The van der Waals surface area contributed by atoms with Crippen molar-refractivity contribution in [2.45, 2.75) is 74.0 Å². The molecule has 2 rings (SSSR count). The van der Waals surface area contributed by atoms with Crippen molar-refractivity contribution in [1.29, 1.82) is 0 Å². The highest BCUT2D eigenvalue weighted by Crippen LogP contribution is 2.26. The second kappa shape index (κ2) is 15.4. The van der Waals surface area contributed by atoms with Crippen molar-refractivity contribution in [2.24, 2.45) is 0 Å². The first-order valence-electron chi connectivity index (χ1n) is 12.8. The molecule has 2 aromatic carbocycles. The summed E-state index contributed by atoms with van der Waals surface area (Å²) in [6.45, 7) is 11.2. The fourth-order valence-electron chi connectivity index (χ4n) is 4.00. The van der Waals surface area contributed by atoms with E-state index in [1.54, 1.807) is 0 Å². The van der Waals surface area contributed by atoms with E-state index in [4.69, 9.17) is 18.9 Å². The van der Waals surface area contributed by atoms with Crippen LogP contribution in [0.2, 0.25) is 0 Å². The van der Waals surface area contributed by atoms with E-state index in [1.807, 2.05) is 52.0 Å². The zero-order chi connectivity index (χ0) is 28.9. The molecule has 0 bridgehead atoms. The molecule has 2 aromatic rings. The molecule has 0 spiro atoms. The molecular weight excluding hydrogens is 504 g/mol. The van der Waals surface area contributed by atoms with Crippen LogP contribution in [0.15, 0.2) is 24.3 Å². The monoisotopic (exact) mass is 542 g/mol. The molecule has 0 radical (unpaired) electrons. The van der Waals surface area contributed by atoms with Crippen molar-refractivity contribution in [3.63, 3.8) is 0 Å². The average Bonchev–Trinajstić information content (AvgIpc) is 2.85. The molecule has 2 amide bonds. The summed E-state index contributed by atoms with van der Waals surface area (Å²) in [4.78, 5) is 46.4. The molecule has 2 N–H and O–H groups in total. The largest absolute Gasteiger partial charge is 0.461 e. The summed E-state index contributed by atoms with van der Waals surface area (Å²) >= 11 is 0. The number of nitrogens with one attached hydrogen (secondary N) is 2. The van der Waals surface area contributed by atoms with Crippen LogP contribution in [-0.2, 0) is 32.3 Å². The molecule has 0 fully saturated rings. The van der Waals surface area contributed by atoms with Crippen LogP contribution in [0.1, 0.15) is 66.5 Å². The molecule has 0 saturated heterocycles. The fourth-order valence-corrected chi connectivity index (χ4v) is 4.00. The van der Waals surface area contributed by atoms with Gasteiger partial charge in [0.1, 0.15) is 24.7 Å². The molecule has 0 aromatic heterocycles. The first-order chi connectivity index (χ1) is 18.5. The summed E-state index contributed by atoms with van der Waals surface area (Å²) in [5.74, 6) is 0.246. The molecule has 39 heavy (non-hydrogen) atoms. The molecule has 10 nitrogen and oxygen atoms in total. The Morgan fingerprint density at radius 1 is 0.590 bits per heavy atom. The van der Waals surface area contributed by atoms with Crippen molar-refractivity contribution >= 4 is 24.1 Å². The molecule has 10 heteroatoms. The highest BCUT2D eigenvalue weighted by atomic mass is 16.6. The zero-order valence-electron chi connectivity index (χ0n) is 23.5. The lowest BCUT2D eigenvalue weighted by atomic mass is 10.1. The molecule has 0 aliphatic rings. The van der Waals surface area contributed by atoms with Gasteiger partial charge in [0.15, 0.2) is 0 Å². The maximum Gasteiger partial charge on any atom is 0.412 e. The Hall–Kier alpha value is -4.08. The van der Waals surface area contributed by atoms with Crippen molar-refractivity contribution in [3.05, 3.63) is 57.6 Å². The maximum absolute atomic E-state index is 12.2. The molecule has 212 valence electrons. The van der Waals surface area contributed by atoms with Crippen molar-refractivity contribution < 1.29 is 38.1 Å². The average molecular weight is 543 g/mol. The lowest BCUT2D eigenvalue weighted by molar-refractivity contribution is -0.143. The number of carbonyl (C=O) groups is 4. The third-order valence-corrected chi connectivity index (χ3v) is 5.71. The number of aryl methyl sites for hydroxylation is 4. The minimum atomic E-state index is -0.541. The summed E-state index contributed by atoms with van der Waals surface area (Å²) in [6.07, 6.45) is 1.13. The van der Waals surface area contributed by atoms with Crippen LogP contribution in [0, 0.1) is 27.7 Å². The van der Waals surface area contributed by atoms with Gasteiger partial charge in [-0.25, -0.2) is 9.59 Å². The summed E-state index contributed by atoms with van der Waals surface area (Å²) < 4.78 is 21.0. The summed E-state index contributed by atoms with van der Waals surface area (Å²) in [5, 5.41) is 5.47. The van der Waals surface area contributed by atoms with Crippen LogP contribution in [-0.4, -0.2) is 37.2 Å². The van der Waals surface area contributed by atoms with Crippen molar-refractivity contribution in [3.8, 4) is 11.5 Å². The van der Waals surface area contributed by atoms with E-state index in [2.05, 4.69) is 10.6 Å². The van der Waals surface area contributed by atoms with Gasteiger partial charge in [0.05, 0.1) is 0 Å². The van der Waals surface area contributed by atoms with Crippen molar-refractivity contribution in [1.82, 2.24) is 10.6 Å². The standard InChI is InChI=1S/C29H38N2O8/c1-18-12-24(16-36-22(5)32)13-19(2)26(18)38-28(34)30-10-8-7-9-11-31-29(35)39-27-20(3)14-25(15-21(27)4)17-37-23(6)33/h12-15H,7-11,16-17H2,1-6H3,(H,30,34)(H,31,35). The van der Waals surface area contributed by atoms with Gasteiger partial charge in [-0.05, 0) is 105 Å². The molecule has 0 atom stereocenters. The molecule has 0 aliphatic carbocycles. The second-order valence-corrected chi connectivity index (χ2v) is 9.37. The summed E-state index contributed by atoms with van der Waals surface area (Å²) in [7, 11) is 0. The van der Waals surface area contributed by atoms with E-state index in [9.17, 15) is 19.2 Å². The highest BCUT2D eigenvalue weighted by molar-refractivity contribution is 5.72. The molecule has 0 saturated carbocycles. The zero-order valence-corrected chi connectivity index (χ0v) is 23.5. The van der Waals surface area contributed by atoms with Gasteiger partial charge in [0.2, 0.25) is 0 Å². The van der Waals surface area contributed by atoms with Gasteiger partial charge < -0.3 is 29.6 Å². The van der Waals surface area contributed by atoms with E-state index >= 15 is 0 Å². The second-order valence-electron chi connectivity index (χ2n) is 9.37. The van der Waals surface area contributed by atoms with Crippen LogP contribution in [0.25, 0.3) is 0 Å². The van der Waals surface area contributed by atoms with Gasteiger partial charge in [-0.15, -0.1) is 0 Å². The van der Waals surface area contributed by atoms with E-state index in [0.717, 1.165) is 39.8 Å². The van der Waals surface area contributed by atoms with E-state index < -0.39 is 12.2 Å². The Labute approximate surface area is 229 Å². The van der Waals surface area contributed by atoms with Gasteiger partial charge >= 0.3 is 24.1 Å². The quantitative estimate of drug-likeness (QED) is 0.280. The Bertz CT molecular complexity index is 1050. The Balaban J connectivity index is 1.66. The van der Waals surface area contributed by atoms with Crippen LogP contribution < -0.4 is 20.1 Å². The first kappa shape index (κ1) is 31.1. The summed E-state index contributed by atoms with van der Waals surface area (Å²) in [5.41, 5.74) is 4.74. The molecule has 0 aliphatic heterocycles. The number of esters is 2. The molecule has 0 heterocycles. The number of ether oxygens (including phenoxy) is 4. The Morgan fingerprint density at radius 3 is 1.23 bits per heavy atom. The minimum absolute atomic E-state index is 0.168. The highest BCUT2D eigenvalue weighted by Gasteiger charge is 2.13. The number of rotatable bonds is 12. The number of hydrogen-bond acceptors (Lipinski definition) is 8. The SMILES string of the molecule is CC(=O)OCc1cc(C)c(OC(=O)NCCCCCNC(=O)Oc2c(C)cc(COC(C)=O)cc2C)c(C)c1. The number of carbonyl (C=O) groups excluding carboxylic acids is 4. The van der Waals surface area contributed by atoms with E-state index in [0.29, 0.717) is 37.4 Å². The van der Waals surface area contributed by atoms with Gasteiger partial charge in [-0.1, -0.05) is 0 Å². The normalized spacial score (nSPS) is 10.4.